The minimum atomic E-state index is 0.260. The molecule has 0 spiro atoms. The monoisotopic (exact) mass is 265 g/mol. The molecule has 1 atom stereocenters. The molecule has 0 saturated heterocycles. The number of rotatable bonds is 8. The molecule has 1 aromatic rings. The van der Waals surface area contributed by atoms with E-state index in [2.05, 4.69) is 43.1 Å². The van der Waals surface area contributed by atoms with Crippen LogP contribution in [-0.2, 0) is 0 Å². The van der Waals surface area contributed by atoms with E-state index in [0.717, 1.165) is 18.8 Å². The van der Waals surface area contributed by atoms with Gasteiger partial charge in [-0.15, -0.1) is 0 Å². The van der Waals surface area contributed by atoms with Crippen molar-refractivity contribution in [2.75, 3.05) is 47.4 Å². The summed E-state index contributed by atoms with van der Waals surface area (Å²) in [5.41, 5.74) is 7.17. The molecule has 0 bridgehead atoms. The lowest BCUT2D eigenvalue weighted by molar-refractivity contribution is 0.222. The Morgan fingerprint density at radius 2 is 1.74 bits per heavy atom. The first-order valence-corrected chi connectivity index (χ1v) is 6.86. The third-order valence-electron chi connectivity index (χ3n) is 3.23. The van der Waals surface area contributed by atoms with E-state index >= 15 is 0 Å². The lowest BCUT2D eigenvalue weighted by atomic mass is 10.1. The molecule has 108 valence electrons. The van der Waals surface area contributed by atoms with Gasteiger partial charge in [0.05, 0.1) is 6.61 Å². The van der Waals surface area contributed by atoms with Gasteiger partial charge in [-0.1, -0.05) is 12.1 Å². The highest BCUT2D eigenvalue weighted by Crippen LogP contribution is 2.21. The van der Waals surface area contributed by atoms with Crippen molar-refractivity contribution in [1.29, 1.82) is 0 Å². The molecule has 0 heterocycles. The Morgan fingerprint density at radius 1 is 1.11 bits per heavy atom. The molecule has 0 saturated carbocycles. The van der Waals surface area contributed by atoms with Gasteiger partial charge in [0, 0.05) is 25.7 Å². The maximum Gasteiger partial charge on any atom is 0.119 e. The average molecular weight is 265 g/mol. The second kappa shape index (κ2) is 8.15. The number of nitrogens with two attached hydrogens (primary N) is 1. The first-order valence-electron chi connectivity index (χ1n) is 6.86. The molecule has 1 unspecified atom stereocenters. The quantitative estimate of drug-likeness (QED) is 0.775. The molecule has 0 fully saturated rings. The molecule has 0 aliphatic rings. The van der Waals surface area contributed by atoms with Gasteiger partial charge in [0.15, 0.2) is 0 Å². The number of hydrogen-bond acceptors (Lipinski definition) is 4. The normalized spacial score (nSPS) is 13.0. The van der Waals surface area contributed by atoms with Crippen LogP contribution in [0.1, 0.15) is 18.5 Å². The smallest absolute Gasteiger partial charge is 0.119 e. The van der Waals surface area contributed by atoms with Gasteiger partial charge in [-0.05, 0) is 45.8 Å². The van der Waals surface area contributed by atoms with Gasteiger partial charge in [0.1, 0.15) is 5.75 Å². The van der Waals surface area contributed by atoms with Crippen molar-refractivity contribution in [3.05, 3.63) is 29.8 Å². The van der Waals surface area contributed by atoms with Crippen molar-refractivity contribution in [2.24, 2.45) is 5.73 Å². The van der Waals surface area contributed by atoms with E-state index in [-0.39, 0.29) is 6.04 Å². The molecule has 4 heteroatoms. The lowest BCUT2D eigenvalue weighted by Gasteiger charge is -2.28. The summed E-state index contributed by atoms with van der Waals surface area (Å²) in [6, 6.07) is 8.50. The Hall–Kier alpha value is -1.10. The van der Waals surface area contributed by atoms with E-state index in [1.807, 2.05) is 19.1 Å². The topological polar surface area (TPSA) is 41.7 Å². The summed E-state index contributed by atoms with van der Waals surface area (Å²) in [5, 5.41) is 0. The van der Waals surface area contributed by atoms with Gasteiger partial charge < -0.3 is 15.4 Å². The van der Waals surface area contributed by atoms with Crippen molar-refractivity contribution in [1.82, 2.24) is 9.80 Å². The van der Waals surface area contributed by atoms with Crippen molar-refractivity contribution < 1.29 is 4.74 Å². The molecule has 4 nitrogen and oxygen atoms in total. The fraction of sp³-hybridized carbons (Fsp3) is 0.600. The molecule has 0 aromatic heterocycles. The molecule has 1 rings (SSSR count). The Kier molecular flexibility index (Phi) is 6.84. The highest BCUT2D eigenvalue weighted by atomic mass is 16.5. The van der Waals surface area contributed by atoms with E-state index in [1.54, 1.807) is 0 Å². The van der Waals surface area contributed by atoms with Crippen LogP contribution in [0.5, 0.6) is 5.75 Å². The SMILES string of the molecule is CCOc1ccc(C(CN)N(C)CCN(C)C)cc1. The van der Waals surface area contributed by atoms with Crippen molar-refractivity contribution in [3.63, 3.8) is 0 Å². The van der Waals surface area contributed by atoms with E-state index in [4.69, 9.17) is 10.5 Å². The zero-order chi connectivity index (χ0) is 14.3. The second-order valence-electron chi connectivity index (χ2n) is 5.04. The van der Waals surface area contributed by atoms with Crippen LogP contribution in [0.15, 0.2) is 24.3 Å². The second-order valence-corrected chi connectivity index (χ2v) is 5.04. The van der Waals surface area contributed by atoms with Gasteiger partial charge in [0.25, 0.3) is 0 Å². The lowest BCUT2D eigenvalue weighted by Crippen LogP contribution is -2.35. The van der Waals surface area contributed by atoms with Gasteiger partial charge in [-0.25, -0.2) is 0 Å². The summed E-state index contributed by atoms with van der Waals surface area (Å²) in [6.45, 7) is 5.35. The van der Waals surface area contributed by atoms with E-state index < -0.39 is 0 Å². The maximum absolute atomic E-state index is 5.92. The zero-order valence-corrected chi connectivity index (χ0v) is 12.6. The Bertz CT molecular complexity index is 351. The fourth-order valence-corrected chi connectivity index (χ4v) is 2.04. The summed E-state index contributed by atoms with van der Waals surface area (Å²) in [4.78, 5) is 4.48. The third kappa shape index (κ3) is 5.19. The largest absolute Gasteiger partial charge is 0.494 e. The Labute approximate surface area is 117 Å². The zero-order valence-electron chi connectivity index (χ0n) is 12.6. The third-order valence-corrected chi connectivity index (χ3v) is 3.23. The molecule has 0 aliphatic carbocycles. The first kappa shape index (κ1) is 16.0. The van der Waals surface area contributed by atoms with Gasteiger partial charge in [-0.3, -0.25) is 4.90 Å². The van der Waals surface area contributed by atoms with Crippen molar-refractivity contribution in [2.45, 2.75) is 13.0 Å². The minimum Gasteiger partial charge on any atom is -0.494 e. The highest BCUT2D eigenvalue weighted by Gasteiger charge is 2.15. The van der Waals surface area contributed by atoms with Crippen LogP contribution in [-0.4, -0.2) is 57.2 Å². The van der Waals surface area contributed by atoms with Crippen LogP contribution in [0.3, 0.4) is 0 Å². The van der Waals surface area contributed by atoms with Crippen molar-refractivity contribution in [3.8, 4) is 5.75 Å². The molecule has 0 aliphatic heterocycles. The molecule has 0 amide bonds. The van der Waals surface area contributed by atoms with Crippen molar-refractivity contribution >= 4 is 0 Å². The van der Waals surface area contributed by atoms with Crippen LogP contribution in [0.4, 0.5) is 0 Å². The molecule has 2 N–H and O–H groups in total. The summed E-state index contributed by atoms with van der Waals surface area (Å²) in [7, 11) is 6.29. The summed E-state index contributed by atoms with van der Waals surface area (Å²) in [6.07, 6.45) is 0. The minimum absolute atomic E-state index is 0.260. The van der Waals surface area contributed by atoms with Crippen LogP contribution >= 0.6 is 0 Å². The average Bonchev–Trinajstić information content (AvgIpc) is 2.39. The standard InChI is InChI=1S/C15H27N3O/c1-5-19-14-8-6-13(7-9-14)15(12-16)18(4)11-10-17(2)3/h6-9,15H,5,10-12,16H2,1-4H3. The van der Waals surface area contributed by atoms with E-state index in [0.29, 0.717) is 13.2 Å². The van der Waals surface area contributed by atoms with Crippen LogP contribution in [0.25, 0.3) is 0 Å². The highest BCUT2D eigenvalue weighted by molar-refractivity contribution is 5.29. The van der Waals surface area contributed by atoms with Gasteiger partial charge in [0.2, 0.25) is 0 Å². The summed E-state index contributed by atoms with van der Waals surface area (Å²) >= 11 is 0. The van der Waals surface area contributed by atoms with Gasteiger partial charge >= 0.3 is 0 Å². The van der Waals surface area contributed by atoms with E-state index in [9.17, 15) is 0 Å². The number of likely N-dealkylation sites (N-methyl/N-ethyl adjacent to an activating group) is 2. The number of hydrogen-bond donors (Lipinski definition) is 1. The number of benzene rings is 1. The number of ether oxygens (including phenoxy) is 1. The molecular weight excluding hydrogens is 238 g/mol. The fourth-order valence-electron chi connectivity index (χ4n) is 2.04. The summed E-state index contributed by atoms with van der Waals surface area (Å²) < 4.78 is 5.46. The molecular formula is C15H27N3O. The summed E-state index contributed by atoms with van der Waals surface area (Å²) in [5.74, 6) is 0.915. The molecule has 0 radical (unpaired) electrons. The molecule has 19 heavy (non-hydrogen) atoms. The first-order chi connectivity index (χ1) is 9.08. The Balaban J connectivity index is 2.67. The predicted octanol–water partition coefficient (Wildman–Crippen LogP) is 1.58. The van der Waals surface area contributed by atoms with Gasteiger partial charge in [-0.2, -0.15) is 0 Å². The Morgan fingerprint density at radius 3 is 2.21 bits per heavy atom. The number of nitrogens with zero attached hydrogens (tertiary/aromatic N) is 2. The maximum atomic E-state index is 5.92. The van der Waals surface area contributed by atoms with Crippen LogP contribution < -0.4 is 10.5 Å². The van der Waals surface area contributed by atoms with E-state index in [1.165, 1.54) is 5.56 Å². The van der Waals surface area contributed by atoms with Crippen LogP contribution in [0.2, 0.25) is 0 Å². The van der Waals surface area contributed by atoms with Crippen LogP contribution in [0, 0.1) is 0 Å². The molecule has 1 aromatic carbocycles. The predicted molar refractivity (Wildman–Crippen MR) is 80.6 cm³/mol.